The lowest BCUT2D eigenvalue weighted by molar-refractivity contribution is 0.139. The van der Waals surface area contributed by atoms with Crippen LogP contribution >= 0.6 is 11.6 Å². The van der Waals surface area contributed by atoms with E-state index in [4.69, 9.17) is 21.7 Å². The molecule has 0 spiro atoms. The van der Waals surface area contributed by atoms with E-state index >= 15 is 0 Å². The SMILES string of the molecule is Cn1nc(-c2nccn2[C@@H]2CCCN3CCC[C@H]23)c2c(Cl)cccc21. The van der Waals surface area contributed by atoms with Crippen LogP contribution in [0.4, 0.5) is 0 Å². The maximum Gasteiger partial charge on any atom is 0.161 e. The second kappa shape index (κ2) is 5.85. The van der Waals surface area contributed by atoms with Crippen LogP contribution in [0.3, 0.4) is 0 Å². The van der Waals surface area contributed by atoms with Gasteiger partial charge in [0.05, 0.1) is 16.6 Å². The predicted molar refractivity (Wildman–Crippen MR) is 99.8 cm³/mol. The summed E-state index contributed by atoms with van der Waals surface area (Å²) in [5.74, 6) is 0.942. The van der Waals surface area contributed by atoms with Crippen LogP contribution in [0.2, 0.25) is 5.02 Å². The molecule has 3 aromatic rings. The van der Waals surface area contributed by atoms with Crippen LogP contribution in [0.25, 0.3) is 22.4 Å². The number of imidazole rings is 1. The van der Waals surface area contributed by atoms with Gasteiger partial charge in [-0.15, -0.1) is 0 Å². The van der Waals surface area contributed by atoms with E-state index in [0.717, 1.165) is 27.4 Å². The lowest BCUT2D eigenvalue weighted by atomic mass is 9.96. The molecule has 1 aromatic carbocycles. The Morgan fingerprint density at radius 2 is 1.92 bits per heavy atom. The molecule has 0 aliphatic carbocycles. The number of hydrogen-bond donors (Lipinski definition) is 0. The summed E-state index contributed by atoms with van der Waals surface area (Å²) < 4.78 is 4.26. The number of rotatable bonds is 2. The van der Waals surface area contributed by atoms with Crippen LogP contribution in [-0.4, -0.2) is 43.4 Å². The van der Waals surface area contributed by atoms with Gasteiger partial charge in [-0.05, 0) is 50.9 Å². The first-order chi connectivity index (χ1) is 12.2. The number of piperidine rings is 1. The predicted octanol–water partition coefficient (Wildman–Crippen LogP) is 3.89. The Balaban J connectivity index is 1.65. The van der Waals surface area contributed by atoms with Crippen molar-refractivity contribution in [1.82, 2.24) is 24.2 Å². The maximum absolute atomic E-state index is 6.52. The molecule has 0 N–H and O–H groups in total. The average Bonchev–Trinajstić information content (AvgIpc) is 3.33. The number of nitrogens with zero attached hydrogens (tertiary/aromatic N) is 5. The zero-order valence-electron chi connectivity index (χ0n) is 14.4. The molecule has 0 unspecified atom stereocenters. The second-order valence-electron chi connectivity index (χ2n) is 7.22. The van der Waals surface area contributed by atoms with Gasteiger partial charge in [-0.25, -0.2) is 4.98 Å². The van der Waals surface area contributed by atoms with Crippen molar-refractivity contribution in [1.29, 1.82) is 0 Å². The van der Waals surface area contributed by atoms with Gasteiger partial charge in [0.15, 0.2) is 5.82 Å². The van der Waals surface area contributed by atoms with E-state index in [-0.39, 0.29) is 0 Å². The van der Waals surface area contributed by atoms with Crippen LogP contribution in [0.1, 0.15) is 31.7 Å². The summed E-state index contributed by atoms with van der Waals surface area (Å²) in [6.07, 6.45) is 9.08. The van der Waals surface area contributed by atoms with E-state index in [1.807, 2.05) is 30.1 Å². The Kier molecular flexibility index (Phi) is 3.61. The van der Waals surface area contributed by atoms with E-state index in [2.05, 4.69) is 21.7 Å². The van der Waals surface area contributed by atoms with Crippen molar-refractivity contribution in [2.24, 2.45) is 7.05 Å². The molecule has 2 aliphatic heterocycles. The third-order valence-corrected chi connectivity index (χ3v) is 6.18. The van der Waals surface area contributed by atoms with Crippen LogP contribution in [0.5, 0.6) is 0 Å². The van der Waals surface area contributed by atoms with Crippen molar-refractivity contribution < 1.29 is 0 Å². The fourth-order valence-electron chi connectivity index (χ4n) is 4.78. The molecule has 5 rings (SSSR count). The largest absolute Gasteiger partial charge is 0.325 e. The molecule has 0 radical (unpaired) electrons. The molecule has 0 bridgehead atoms. The van der Waals surface area contributed by atoms with Crippen molar-refractivity contribution in [3.8, 4) is 11.5 Å². The fraction of sp³-hybridized carbons (Fsp3) is 0.474. The Bertz CT molecular complexity index is 927. The van der Waals surface area contributed by atoms with Crippen LogP contribution < -0.4 is 0 Å². The third kappa shape index (κ3) is 2.33. The molecule has 130 valence electrons. The topological polar surface area (TPSA) is 38.9 Å². The van der Waals surface area contributed by atoms with E-state index in [1.165, 1.54) is 38.8 Å². The zero-order valence-corrected chi connectivity index (χ0v) is 15.2. The summed E-state index contributed by atoms with van der Waals surface area (Å²) >= 11 is 6.52. The number of benzene rings is 1. The Hall–Kier alpha value is -1.85. The molecule has 5 nitrogen and oxygen atoms in total. The van der Waals surface area contributed by atoms with Crippen LogP contribution in [-0.2, 0) is 7.05 Å². The number of halogens is 1. The van der Waals surface area contributed by atoms with Crippen molar-refractivity contribution in [3.05, 3.63) is 35.6 Å². The van der Waals surface area contributed by atoms with Crippen LogP contribution in [0.15, 0.2) is 30.6 Å². The van der Waals surface area contributed by atoms with Crippen LogP contribution in [0, 0.1) is 0 Å². The fourth-order valence-corrected chi connectivity index (χ4v) is 5.04. The molecule has 2 saturated heterocycles. The smallest absolute Gasteiger partial charge is 0.161 e. The van der Waals surface area contributed by atoms with Crippen molar-refractivity contribution >= 4 is 22.5 Å². The molecular weight excluding hydrogens is 334 g/mol. The summed E-state index contributed by atoms with van der Waals surface area (Å²) in [5.41, 5.74) is 1.94. The summed E-state index contributed by atoms with van der Waals surface area (Å²) in [6, 6.07) is 7.08. The molecular formula is C19H22ClN5. The maximum atomic E-state index is 6.52. The van der Waals surface area contributed by atoms with E-state index in [1.54, 1.807) is 0 Å². The zero-order chi connectivity index (χ0) is 17.0. The highest BCUT2D eigenvalue weighted by Gasteiger charge is 2.36. The Labute approximate surface area is 152 Å². The Morgan fingerprint density at radius 1 is 1.12 bits per heavy atom. The number of aromatic nitrogens is 4. The quantitative estimate of drug-likeness (QED) is 0.700. The van der Waals surface area contributed by atoms with E-state index in [0.29, 0.717) is 12.1 Å². The minimum atomic E-state index is 0.480. The number of fused-ring (bicyclic) bond motifs is 2. The van der Waals surface area contributed by atoms with Gasteiger partial charge in [0.1, 0.15) is 5.69 Å². The number of aryl methyl sites for hydroxylation is 1. The van der Waals surface area contributed by atoms with Crippen molar-refractivity contribution in [3.63, 3.8) is 0 Å². The molecule has 2 atom stereocenters. The first-order valence-electron chi connectivity index (χ1n) is 9.12. The molecule has 25 heavy (non-hydrogen) atoms. The Morgan fingerprint density at radius 3 is 2.76 bits per heavy atom. The van der Waals surface area contributed by atoms with E-state index in [9.17, 15) is 0 Å². The lowest BCUT2D eigenvalue weighted by Crippen LogP contribution is -2.41. The number of hydrogen-bond acceptors (Lipinski definition) is 3. The molecule has 0 amide bonds. The minimum Gasteiger partial charge on any atom is -0.325 e. The van der Waals surface area contributed by atoms with Gasteiger partial charge in [-0.1, -0.05) is 17.7 Å². The monoisotopic (exact) mass is 355 g/mol. The molecule has 2 fully saturated rings. The first kappa shape index (κ1) is 15.4. The third-order valence-electron chi connectivity index (χ3n) is 5.87. The average molecular weight is 356 g/mol. The summed E-state index contributed by atoms with van der Waals surface area (Å²) in [5, 5.41) is 6.50. The molecule has 0 saturated carbocycles. The highest BCUT2D eigenvalue weighted by Crippen LogP contribution is 2.39. The summed E-state index contributed by atoms with van der Waals surface area (Å²) in [6.45, 7) is 2.48. The van der Waals surface area contributed by atoms with Gasteiger partial charge >= 0.3 is 0 Å². The van der Waals surface area contributed by atoms with Gasteiger partial charge < -0.3 is 4.57 Å². The molecule has 2 aromatic heterocycles. The van der Waals surface area contributed by atoms with Gasteiger partial charge in [0.25, 0.3) is 0 Å². The van der Waals surface area contributed by atoms with Gasteiger partial charge in [-0.3, -0.25) is 9.58 Å². The molecule has 4 heterocycles. The summed E-state index contributed by atoms with van der Waals surface area (Å²) in [4.78, 5) is 7.34. The minimum absolute atomic E-state index is 0.480. The lowest BCUT2D eigenvalue weighted by Gasteiger charge is -2.37. The van der Waals surface area contributed by atoms with Gasteiger partial charge in [0, 0.05) is 30.9 Å². The normalized spacial score (nSPS) is 24.1. The second-order valence-corrected chi connectivity index (χ2v) is 7.63. The highest BCUT2D eigenvalue weighted by molar-refractivity contribution is 6.36. The molecule has 6 heteroatoms. The standard InChI is InChI=1S/C19H22ClN5/c1-23-16-6-2-5-13(20)17(16)18(22-23)19-21-9-12-25(19)15-8-4-11-24-10-3-7-14(15)24/h2,5-6,9,12,14-15H,3-4,7-8,10-11H2,1H3/t14-,15-/m1/s1. The highest BCUT2D eigenvalue weighted by atomic mass is 35.5. The van der Waals surface area contributed by atoms with Gasteiger partial charge in [0.2, 0.25) is 0 Å². The molecule has 2 aliphatic rings. The summed E-state index contributed by atoms with van der Waals surface area (Å²) in [7, 11) is 1.97. The van der Waals surface area contributed by atoms with E-state index < -0.39 is 0 Å². The van der Waals surface area contributed by atoms with Crippen molar-refractivity contribution in [2.45, 2.75) is 37.8 Å². The first-order valence-corrected chi connectivity index (χ1v) is 9.50. The van der Waals surface area contributed by atoms with Crippen molar-refractivity contribution in [2.75, 3.05) is 13.1 Å². The van der Waals surface area contributed by atoms with Gasteiger partial charge in [-0.2, -0.15) is 5.10 Å².